The molecule has 1 aliphatic heterocycles. The number of hydrogen-bond acceptors (Lipinski definition) is 4. The van der Waals surface area contributed by atoms with Gasteiger partial charge < -0.3 is 14.8 Å². The number of urea groups is 1. The normalized spacial score (nSPS) is 15.3. The maximum Gasteiger partial charge on any atom is 0.332 e. The summed E-state index contributed by atoms with van der Waals surface area (Å²) in [4.78, 5) is 15.6. The number of nitrogens with zero attached hydrogens (tertiary/aromatic N) is 2. The number of aryl methyl sites for hydroxylation is 1. The number of ether oxygens (including phenoxy) is 2. The van der Waals surface area contributed by atoms with Crippen LogP contribution in [0.1, 0.15) is 56.7 Å². The summed E-state index contributed by atoms with van der Waals surface area (Å²) in [7, 11) is 0. The zero-order valence-electron chi connectivity index (χ0n) is 23.6. The summed E-state index contributed by atoms with van der Waals surface area (Å²) < 4.78 is 11.4. The van der Waals surface area contributed by atoms with Gasteiger partial charge in [-0.2, -0.15) is 5.10 Å². The second-order valence-corrected chi connectivity index (χ2v) is 11.1. The predicted octanol–water partition coefficient (Wildman–Crippen LogP) is 7.43. The number of nitrogens with one attached hydrogen (secondary N) is 2. The van der Waals surface area contributed by atoms with E-state index in [1.165, 1.54) is 0 Å². The van der Waals surface area contributed by atoms with Gasteiger partial charge in [0.25, 0.3) is 0 Å². The molecule has 0 radical (unpaired) electrons. The summed E-state index contributed by atoms with van der Waals surface area (Å²) in [6, 6.07) is 19.5. The van der Waals surface area contributed by atoms with E-state index in [0.717, 1.165) is 59.0 Å². The van der Waals surface area contributed by atoms with Crippen LogP contribution in [0.15, 0.2) is 66.9 Å². The van der Waals surface area contributed by atoms with Crippen LogP contribution in [0.2, 0.25) is 0 Å². The fraction of sp³-hybridized carbons (Fsp3) is 0.333. The summed E-state index contributed by atoms with van der Waals surface area (Å²) in [6.07, 6.45) is 4.60. The van der Waals surface area contributed by atoms with Gasteiger partial charge in [-0.25, -0.2) is 9.69 Å². The van der Waals surface area contributed by atoms with Crippen LogP contribution in [0.25, 0.3) is 10.8 Å². The Kier molecular flexibility index (Phi) is 8.20. The highest BCUT2D eigenvalue weighted by Crippen LogP contribution is 2.34. The molecule has 0 saturated carbocycles. The Morgan fingerprint density at radius 3 is 2.67 bits per heavy atom. The topological polar surface area (TPSA) is 79.5 Å². The van der Waals surface area contributed by atoms with E-state index >= 15 is 0 Å². The lowest BCUT2D eigenvalue weighted by Crippen LogP contribution is -2.32. The first-order valence-corrected chi connectivity index (χ1v) is 13.8. The maximum atomic E-state index is 13.9. The summed E-state index contributed by atoms with van der Waals surface area (Å²) in [6.45, 7) is 9.54. The first-order chi connectivity index (χ1) is 19.3. The molecule has 206 valence electrons. The maximum absolute atomic E-state index is 13.9. The number of rotatable bonds is 5. The van der Waals surface area contributed by atoms with E-state index in [9.17, 15) is 4.79 Å². The number of aromatic amines is 1. The van der Waals surface area contributed by atoms with E-state index in [-0.39, 0.29) is 17.7 Å². The van der Waals surface area contributed by atoms with Gasteiger partial charge in [0.05, 0.1) is 17.6 Å². The molecule has 3 aromatic carbocycles. The van der Waals surface area contributed by atoms with Gasteiger partial charge >= 0.3 is 6.03 Å². The fourth-order valence-electron chi connectivity index (χ4n) is 4.84. The molecule has 1 aromatic heterocycles. The molecule has 0 aliphatic carbocycles. The van der Waals surface area contributed by atoms with E-state index in [1.807, 2.05) is 43.3 Å². The molecule has 1 saturated heterocycles. The minimum atomic E-state index is -0.289. The summed E-state index contributed by atoms with van der Waals surface area (Å²) in [5.41, 5.74) is 4.42. The first kappa shape index (κ1) is 27.4. The van der Waals surface area contributed by atoms with Crippen LogP contribution in [-0.2, 0) is 14.9 Å². The van der Waals surface area contributed by atoms with E-state index < -0.39 is 0 Å². The van der Waals surface area contributed by atoms with Crippen LogP contribution >= 0.6 is 0 Å². The molecule has 1 unspecified atom stereocenters. The molecule has 5 rings (SSSR count). The van der Waals surface area contributed by atoms with Gasteiger partial charge in [-0.1, -0.05) is 69.0 Å². The van der Waals surface area contributed by atoms with Crippen molar-refractivity contribution in [3.05, 3.63) is 83.6 Å². The van der Waals surface area contributed by atoms with Crippen LogP contribution in [0.5, 0.6) is 0 Å². The average molecular weight is 537 g/mol. The number of H-pyrrole nitrogens is 1. The third-order valence-electron chi connectivity index (χ3n) is 7.11. The molecular formula is C33H36N4O3. The molecule has 7 heteroatoms. The van der Waals surface area contributed by atoms with Gasteiger partial charge in [0.15, 0.2) is 6.29 Å². The lowest BCUT2D eigenvalue weighted by atomic mass is 9.86. The quantitative estimate of drug-likeness (QED) is 0.260. The van der Waals surface area contributed by atoms with Crippen molar-refractivity contribution in [1.82, 2.24) is 10.2 Å². The Bertz CT molecular complexity index is 1540. The molecule has 40 heavy (non-hydrogen) atoms. The first-order valence-electron chi connectivity index (χ1n) is 13.8. The Morgan fingerprint density at radius 1 is 1.12 bits per heavy atom. The zero-order chi connectivity index (χ0) is 28.1. The van der Waals surface area contributed by atoms with E-state index in [0.29, 0.717) is 18.1 Å². The molecule has 0 spiro atoms. The smallest absolute Gasteiger partial charge is 0.332 e. The zero-order valence-corrected chi connectivity index (χ0v) is 23.6. The molecule has 2 amide bonds. The fourth-order valence-corrected chi connectivity index (χ4v) is 4.84. The van der Waals surface area contributed by atoms with Crippen molar-refractivity contribution in [2.24, 2.45) is 0 Å². The molecule has 0 bridgehead atoms. The van der Waals surface area contributed by atoms with Gasteiger partial charge in [-0.05, 0) is 66.3 Å². The number of hydrogen-bond donors (Lipinski definition) is 2. The average Bonchev–Trinajstić information content (AvgIpc) is 3.47. The van der Waals surface area contributed by atoms with E-state index in [4.69, 9.17) is 9.47 Å². The van der Waals surface area contributed by atoms with Gasteiger partial charge in [0.2, 0.25) is 0 Å². The third kappa shape index (κ3) is 6.20. The molecule has 2 heterocycles. The molecule has 1 aliphatic rings. The summed E-state index contributed by atoms with van der Waals surface area (Å²) in [5.74, 6) is 6.95. The lowest BCUT2D eigenvalue weighted by molar-refractivity contribution is -0.154. The van der Waals surface area contributed by atoms with Crippen molar-refractivity contribution in [2.45, 2.75) is 58.7 Å². The van der Waals surface area contributed by atoms with Gasteiger partial charge in [0, 0.05) is 23.6 Å². The van der Waals surface area contributed by atoms with Crippen molar-refractivity contribution in [3.8, 4) is 11.8 Å². The third-order valence-corrected chi connectivity index (χ3v) is 7.11. The largest absolute Gasteiger partial charge is 0.353 e. The number of aromatic nitrogens is 2. The molecule has 4 aromatic rings. The molecule has 7 nitrogen and oxygen atoms in total. The number of fused-ring (bicyclic) bond motifs is 1. The van der Waals surface area contributed by atoms with Crippen molar-refractivity contribution in [2.75, 3.05) is 23.4 Å². The number of amides is 2. The van der Waals surface area contributed by atoms with Crippen LogP contribution in [-0.4, -0.2) is 35.7 Å². The number of carbonyl (C=O) groups is 1. The van der Waals surface area contributed by atoms with Crippen LogP contribution in [0.4, 0.5) is 22.0 Å². The highest BCUT2D eigenvalue weighted by Gasteiger charge is 2.24. The highest BCUT2D eigenvalue weighted by molar-refractivity contribution is 6.11. The molecule has 2 N–H and O–H groups in total. The minimum absolute atomic E-state index is 0.0693. The Hall–Kier alpha value is -4.12. The Morgan fingerprint density at radius 2 is 1.95 bits per heavy atom. The van der Waals surface area contributed by atoms with Crippen molar-refractivity contribution < 1.29 is 14.3 Å². The Labute approximate surface area is 235 Å². The SMILES string of the molecule is Cc1ccc(C(C)(C)C)cc1N(C(=O)Nc1ccc(C#CCOC2CCCCO2)c2ccccc12)c1ccn[nH]1. The number of anilines is 3. The molecule has 1 atom stereocenters. The van der Waals surface area contributed by atoms with E-state index in [2.05, 4.69) is 66.3 Å². The van der Waals surface area contributed by atoms with Crippen molar-refractivity contribution in [1.29, 1.82) is 0 Å². The molecule has 1 fully saturated rings. The summed E-state index contributed by atoms with van der Waals surface area (Å²) >= 11 is 0. The van der Waals surface area contributed by atoms with Crippen LogP contribution in [0.3, 0.4) is 0 Å². The lowest BCUT2D eigenvalue weighted by Gasteiger charge is -2.27. The van der Waals surface area contributed by atoms with Gasteiger partial charge in [-0.15, -0.1) is 0 Å². The second-order valence-electron chi connectivity index (χ2n) is 11.1. The van der Waals surface area contributed by atoms with Crippen molar-refractivity contribution >= 4 is 34.0 Å². The minimum Gasteiger partial charge on any atom is -0.353 e. The monoisotopic (exact) mass is 536 g/mol. The second kappa shape index (κ2) is 12.0. The standard InChI is InChI=1S/C33H36N4O3/c1-23-14-16-25(33(2,3)4)22-29(23)37(30-18-19-34-36-30)32(38)35-28-17-15-24(26-11-5-6-12-27(26)28)10-9-21-40-31-13-7-8-20-39-31/h5-6,11-12,14-19,22,31H,7-8,13,20-21H2,1-4H3,(H,34,36)(H,35,38). The summed E-state index contributed by atoms with van der Waals surface area (Å²) in [5, 5.41) is 12.1. The highest BCUT2D eigenvalue weighted by atomic mass is 16.7. The van der Waals surface area contributed by atoms with E-state index in [1.54, 1.807) is 17.2 Å². The number of carbonyl (C=O) groups excluding carboxylic acids is 1. The van der Waals surface area contributed by atoms with Crippen molar-refractivity contribution in [3.63, 3.8) is 0 Å². The van der Waals surface area contributed by atoms with Gasteiger partial charge in [0.1, 0.15) is 12.4 Å². The van der Waals surface area contributed by atoms with Gasteiger partial charge in [-0.3, -0.25) is 5.10 Å². The number of benzene rings is 3. The van der Waals surface area contributed by atoms with Crippen LogP contribution < -0.4 is 10.2 Å². The Balaban J connectivity index is 1.43. The van der Waals surface area contributed by atoms with Crippen LogP contribution in [0, 0.1) is 18.8 Å². The molecular weight excluding hydrogens is 500 g/mol. The predicted molar refractivity (Wildman–Crippen MR) is 160 cm³/mol.